The van der Waals surface area contributed by atoms with Crippen molar-refractivity contribution in [3.05, 3.63) is 40.3 Å². The normalized spacial score (nSPS) is 12.6. The summed E-state index contributed by atoms with van der Waals surface area (Å²) in [4.78, 5) is 14.7. The van der Waals surface area contributed by atoms with Crippen LogP contribution in [0.1, 0.15) is 6.92 Å². The molecule has 2 rings (SSSR count). The zero-order valence-corrected chi connectivity index (χ0v) is 11.6. The van der Waals surface area contributed by atoms with Gasteiger partial charge in [0.05, 0.1) is 26.8 Å². The molecular weight excluding hydrogens is 283 g/mol. The molecule has 0 radical (unpaired) electrons. The molecule has 0 saturated heterocycles. The Balaban J connectivity index is 2.52. The van der Waals surface area contributed by atoms with E-state index in [9.17, 15) is 14.5 Å². The van der Waals surface area contributed by atoms with Crippen LogP contribution in [0, 0.1) is 21.8 Å². The second-order valence-electron chi connectivity index (χ2n) is 4.46. The summed E-state index contributed by atoms with van der Waals surface area (Å²) < 4.78 is 14.1. The lowest BCUT2D eigenvalue weighted by molar-refractivity contribution is -0.383. The number of hydrogen-bond donors (Lipinski definition) is 1. The van der Waals surface area contributed by atoms with Gasteiger partial charge >= 0.3 is 0 Å². The second kappa shape index (κ2) is 6.15. The van der Waals surface area contributed by atoms with E-state index >= 15 is 0 Å². The van der Waals surface area contributed by atoms with Gasteiger partial charge in [-0.15, -0.1) is 11.8 Å². The Morgan fingerprint density at radius 2 is 2.35 bits per heavy atom. The minimum absolute atomic E-state index is 0.00691. The Hall–Kier alpha value is -1.73. The molecule has 0 saturated carbocycles. The Bertz CT molecular complexity index is 651. The molecule has 0 aliphatic rings. The molecule has 1 aromatic heterocycles. The summed E-state index contributed by atoms with van der Waals surface area (Å²) in [5.74, 6) is -0.136. The van der Waals surface area contributed by atoms with Gasteiger partial charge in [0.1, 0.15) is 5.82 Å². The van der Waals surface area contributed by atoms with Crippen molar-refractivity contribution >= 4 is 28.4 Å². The third kappa shape index (κ3) is 2.88. The van der Waals surface area contributed by atoms with Crippen LogP contribution in [0.15, 0.2) is 29.3 Å². The molecule has 0 fully saturated rings. The summed E-state index contributed by atoms with van der Waals surface area (Å²) in [5, 5.41) is 20.3. The van der Waals surface area contributed by atoms with Crippen LogP contribution in [-0.4, -0.2) is 27.4 Å². The number of aliphatic hydroxyl groups is 1. The molecule has 1 aromatic carbocycles. The van der Waals surface area contributed by atoms with Gasteiger partial charge in [0.15, 0.2) is 0 Å². The predicted molar refractivity (Wildman–Crippen MR) is 75.3 cm³/mol. The van der Waals surface area contributed by atoms with E-state index < -0.39 is 10.7 Å². The number of halogens is 1. The smallest absolute Gasteiger partial charge is 0.281 e. The van der Waals surface area contributed by atoms with Crippen LogP contribution in [0.4, 0.5) is 10.1 Å². The highest BCUT2D eigenvalue weighted by Gasteiger charge is 2.20. The average molecular weight is 296 g/mol. The van der Waals surface area contributed by atoms with Crippen LogP contribution in [0.5, 0.6) is 0 Å². The molecule has 1 heterocycles. The van der Waals surface area contributed by atoms with Crippen molar-refractivity contribution in [3.63, 3.8) is 0 Å². The van der Waals surface area contributed by atoms with E-state index in [1.165, 1.54) is 18.0 Å². The van der Waals surface area contributed by atoms with Crippen molar-refractivity contribution in [2.75, 3.05) is 12.4 Å². The molecule has 1 atom stereocenters. The Morgan fingerprint density at radius 3 is 3.00 bits per heavy atom. The standard InChI is InChI=1S/C13H13FN2O3S/c1-8(6-17)7-20-13-10(14)5-11(16(18)19)9-3-2-4-15-12(9)13/h2-5,8,17H,6-7H2,1H3. The third-order valence-electron chi connectivity index (χ3n) is 2.80. The van der Waals surface area contributed by atoms with Gasteiger partial charge in [0, 0.05) is 18.6 Å². The number of aliphatic hydroxyl groups excluding tert-OH is 1. The fraction of sp³-hybridized carbons (Fsp3) is 0.308. The van der Waals surface area contributed by atoms with Crippen LogP contribution in [0.3, 0.4) is 0 Å². The van der Waals surface area contributed by atoms with Crippen molar-refractivity contribution < 1.29 is 14.4 Å². The van der Waals surface area contributed by atoms with Gasteiger partial charge in [-0.05, 0) is 18.1 Å². The maximum absolute atomic E-state index is 14.1. The largest absolute Gasteiger partial charge is 0.396 e. The van der Waals surface area contributed by atoms with E-state index in [4.69, 9.17) is 5.11 Å². The molecule has 5 nitrogen and oxygen atoms in total. The number of thioether (sulfide) groups is 1. The Morgan fingerprint density at radius 1 is 1.60 bits per heavy atom. The number of non-ortho nitro benzene ring substituents is 1. The zero-order chi connectivity index (χ0) is 14.7. The first-order chi connectivity index (χ1) is 9.54. The van der Waals surface area contributed by atoms with Crippen molar-refractivity contribution in [1.82, 2.24) is 4.98 Å². The lowest BCUT2D eigenvalue weighted by atomic mass is 10.2. The molecular formula is C13H13FN2O3S. The number of aromatic nitrogens is 1. The van der Waals surface area contributed by atoms with Crippen LogP contribution in [0.25, 0.3) is 10.9 Å². The molecule has 0 spiro atoms. The topological polar surface area (TPSA) is 76.3 Å². The molecule has 2 aromatic rings. The minimum atomic E-state index is -0.655. The van der Waals surface area contributed by atoms with Crippen LogP contribution in [-0.2, 0) is 0 Å². The first-order valence-electron chi connectivity index (χ1n) is 6.00. The van der Waals surface area contributed by atoms with Crippen LogP contribution < -0.4 is 0 Å². The van der Waals surface area contributed by atoms with Gasteiger partial charge < -0.3 is 5.11 Å². The second-order valence-corrected chi connectivity index (χ2v) is 5.49. The minimum Gasteiger partial charge on any atom is -0.396 e. The van der Waals surface area contributed by atoms with Gasteiger partial charge in [0.2, 0.25) is 0 Å². The van der Waals surface area contributed by atoms with Crippen LogP contribution >= 0.6 is 11.8 Å². The third-order valence-corrected chi connectivity index (χ3v) is 4.21. The molecule has 0 aliphatic carbocycles. The number of nitro benzene ring substituents is 1. The maximum Gasteiger partial charge on any atom is 0.281 e. The number of pyridine rings is 1. The first-order valence-corrected chi connectivity index (χ1v) is 6.98. The highest BCUT2D eigenvalue weighted by atomic mass is 32.2. The summed E-state index contributed by atoms with van der Waals surface area (Å²) in [5.41, 5.74) is -0.000466. The van der Waals surface area contributed by atoms with Crippen molar-refractivity contribution in [1.29, 1.82) is 0 Å². The Labute approximate surface area is 119 Å². The van der Waals surface area contributed by atoms with Crippen LogP contribution in [0.2, 0.25) is 0 Å². The summed E-state index contributed by atoms with van der Waals surface area (Å²) in [6, 6.07) is 4.06. The fourth-order valence-electron chi connectivity index (χ4n) is 1.74. The van der Waals surface area contributed by atoms with E-state index in [0.29, 0.717) is 11.1 Å². The lowest BCUT2D eigenvalue weighted by Gasteiger charge is -2.10. The SMILES string of the molecule is CC(CO)CSc1c(F)cc([N+](=O)[O-])c2cccnc12. The molecule has 7 heteroatoms. The van der Waals surface area contributed by atoms with Gasteiger partial charge in [-0.1, -0.05) is 6.92 Å². The number of benzene rings is 1. The summed E-state index contributed by atoms with van der Waals surface area (Å²) in [6.45, 7) is 1.85. The highest BCUT2D eigenvalue weighted by Crippen LogP contribution is 2.35. The molecule has 0 amide bonds. The zero-order valence-electron chi connectivity index (χ0n) is 10.7. The molecule has 1 unspecified atom stereocenters. The molecule has 0 bridgehead atoms. The molecule has 20 heavy (non-hydrogen) atoms. The maximum atomic E-state index is 14.1. The van der Waals surface area contributed by atoms with Gasteiger partial charge in [-0.3, -0.25) is 15.1 Å². The first kappa shape index (κ1) is 14.7. The average Bonchev–Trinajstić information content (AvgIpc) is 2.45. The molecule has 1 N–H and O–H groups in total. The summed E-state index contributed by atoms with van der Waals surface area (Å²) in [6.07, 6.45) is 1.48. The van der Waals surface area contributed by atoms with E-state index in [1.807, 2.05) is 6.92 Å². The van der Waals surface area contributed by atoms with Crippen molar-refractivity contribution in [2.24, 2.45) is 5.92 Å². The molecule has 106 valence electrons. The van der Waals surface area contributed by atoms with E-state index in [0.717, 1.165) is 6.07 Å². The Kier molecular flexibility index (Phi) is 4.51. The van der Waals surface area contributed by atoms with E-state index in [2.05, 4.69) is 4.98 Å². The number of fused-ring (bicyclic) bond motifs is 1. The number of hydrogen-bond acceptors (Lipinski definition) is 5. The van der Waals surface area contributed by atoms with E-state index in [-0.39, 0.29) is 28.6 Å². The quantitative estimate of drug-likeness (QED) is 0.521. The predicted octanol–water partition coefficient (Wildman–Crippen LogP) is 3.00. The summed E-state index contributed by atoms with van der Waals surface area (Å²) in [7, 11) is 0. The van der Waals surface area contributed by atoms with Crippen molar-refractivity contribution in [3.8, 4) is 0 Å². The summed E-state index contributed by atoms with van der Waals surface area (Å²) >= 11 is 1.21. The number of nitro groups is 1. The fourth-order valence-corrected chi connectivity index (χ4v) is 2.79. The van der Waals surface area contributed by atoms with Gasteiger partial charge in [0.25, 0.3) is 5.69 Å². The lowest BCUT2D eigenvalue weighted by Crippen LogP contribution is -2.04. The molecule has 0 aliphatic heterocycles. The monoisotopic (exact) mass is 296 g/mol. The highest BCUT2D eigenvalue weighted by molar-refractivity contribution is 7.99. The number of nitrogens with zero attached hydrogens (tertiary/aromatic N) is 2. The number of rotatable bonds is 5. The van der Waals surface area contributed by atoms with Gasteiger partial charge in [-0.25, -0.2) is 4.39 Å². The van der Waals surface area contributed by atoms with Gasteiger partial charge in [-0.2, -0.15) is 0 Å². The van der Waals surface area contributed by atoms with E-state index in [1.54, 1.807) is 12.1 Å². The van der Waals surface area contributed by atoms with Crippen molar-refractivity contribution in [2.45, 2.75) is 11.8 Å².